The number of carbonyl (C=O) groups excluding carboxylic acids is 1. The van der Waals surface area contributed by atoms with Gasteiger partial charge in [0.15, 0.2) is 0 Å². The SMILES string of the molecule is Cc1ccc(S(=O)(=O)N[C@H](CC(C)C)C(=O)NC[C@@H](c2ccco2)N2CCCCC2)cc1. The van der Waals surface area contributed by atoms with Gasteiger partial charge in [-0.3, -0.25) is 9.69 Å². The minimum Gasteiger partial charge on any atom is -0.468 e. The number of furan rings is 1. The second-order valence-corrected chi connectivity index (χ2v) is 10.7. The van der Waals surface area contributed by atoms with Crippen LogP contribution < -0.4 is 10.0 Å². The van der Waals surface area contributed by atoms with Crippen LogP contribution in [0.1, 0.15) is 56.9 Å². The monoisotopic (exact) mass is 461 g/mol. The average Bonchev–Trinajstić information content (AvgIpc) is 3.28. The van der Waals surface area contributed by atoms with Gasteiger partial charge in [-0.15, -0.1) is 0 Å². The largest absolute Gasteiger partial charge is 0.468 e. The molecule has 2 heterocycles. The number of nitrogens with one attached hydrogen (secondary N) is 2. The first-order chi connectivity index (χ1) is 15.3. The van der Waals surface area contributed by atoms with Crippen molar-refractivity contribution in [2.45, 2.75) is 63.4 Å². The van der Waals surface area contributed by atoms with Crippen LogP contribution in [0.3, 0.4) is 0 Å². The molecule has 2 atom stereocenters. The van der Waals surface area contributed by atoms with Crippen LogP contribution in [-0.4, -0.2) is 44.9 Å². The van der Waals surface area contributed by atoms with Crippen LogP contribution in [0.4, 0.5) is 0 Å². The number of amides is 1. The summed E-state index contributed by atoms with van der Waals surface area (Å²) in [4.78, 5) is 15.6. The van der Waals surface area contributed by atoms with Crippen LogP contribution >= 0.6 is 0 Å². The first-order valence-electron chi connectivity index (χ1n) is 11.4. The number of piperidine rings is 1. The van der Waals surface area contributed by atoms with Gasteiger partial charge in [0.1, 0.15) is 11.8 Å². The molecule has 0 saturated carbocycles. The predicted molar refractivity (Wildman–Crippen MR) is 125 cm³/mol. The van der Waals surface area contributed by atoms with Crippen LogP contribution in [0.25, 0.3) is 0 Å². The van der Waals surface area contributed by atoms with Gasteiger partial charge >= 0.3 is 0 Å². The molecule has 1 amide bonds. The Balaban J connectivity index is 1.71. The first kappa shape index (κ1) is 24.5. The Labute approximate surface area is 191 Å². The number of sulfonamides is 1. The van der Waals surface area contributed by atoms with E-state index in [9.17, 15) is 13.2 Å². The summed E-state index contributed by atoms with van der Waals surface area (Å²) in [6, 6.07) is 9.48. The fourth-order valence-electron chi connectivity index (χ4n) is 4.09. The van der Waals surface area contributed by atoms with Gasteiger partial charge in [0.05, 0.1) is 17.2 Å². The zero-order valence-corrected chi connectivity index (χ0v) is 20.0. The van der Waals surface area contributed by atoms with E-state index in [1.54, 1.807) is 30.5 Å². The van der Waals surface area contributed by atoms with E-state index in [1.165, 1.54) is 6.42 Å². The van der Waals surface area contributed by atoms with E-state index in [-0.39, 0.29) is 22.8 Å². The topological polar surface area (TPSA) is 91.6 Å². The Morgan fingerprint density at radius 1 is 1.09 bits per heavy atom. The number of carbonyl (C=O) groups is 1. The molecule has 7 nitrogen and oxygen atoms in total. The minimum absolute atomic E-state index is 0.0670. The predicted octanol–water partition coefficient (Wildman–Crippen LogP) is 3.62. The van der Waals surface area contributed by atoms with E-state index in [2.05, 4.69) is 14.9 Å². The number of nitrogens with zero attached hydrogens (tertiary/aromatic N) is 1. The summed E-state index contributed by atoms with van der Waals surface area (Å²) in [5.74, 6) is 0.644. The van der Waals surface area contributed by atoms with Crippen molar-refractivity contribution >= 4 is 15.9 Å². The fourth-order valence-corrected chi connectivity index (χ4v) is 5.30. The second kappa shape index (κ2) is 11.1. The third kappa shape index (κ3) is 6.67. The highest BCUT2D eigenvalue weighted by Crippen LogP contribution is 2.24. The number of likely N-dealkylation sites (tertiary alicyclic amines) is 1. The van der Waals surface area contributed by atoms with E-state index in [0.717, 1.165) is 37.3 Å². The summed E-state index contributed by atoms with van der Waals surface area (Å²) < 4.78 is 34.1. The lowest BCUT2D eigenvalue weighted by Crippen LogP contribution is -2.49. The molecular formula is C24H35N3O4S. The Kier molecular flexibility index (Phi) is 8.51. The van der Waals surface area contributed by atoms with Crippen molar-refractivity contribution in [3.8, 4) is 0 Å². The molecule has 0 unspecified atom stereocenters. The van der Waals surface area contributed by atoms with Crippen LogP contribution in [0.5, 0.6) is 0 Å². The van der Waals surface area contributed by atoms with Crippen molar-refractivity contribution in [2.75, 3.05) is 19.6 Å². The summed E-state index contributed by atoms with van der Waals surface area (Å²) in [6.45, 7) is 8.12. The number of rotatable bonds is 10. The second-order valence-electron chi connectivity index (χ2n) is 8.99. The molecule has 1 aliphatic rings. The first-order valence-corrected chi connectivity index (χ1v) is 12.9. The van der Waals surface area contributed by atoms with E-state index >= 15 is 0 Å². The van der Waals surface area contributed by atoms with Crippen LogP contribution in [0, 0.1) is 12.8 Å². The maximum atomic E-state index is 13.1. The lowest BCUT2D eigenvalue weighted by molar-refractivity contribution is -0.123. The lowest BCUT2D eigenvalue weighted by atomic mass is 10.0. The zero-order chi connectivity index (χ0) is 23.1. The molecule has 3 rings (SSSR count). The van der Waals surface area contributed by atoms with Gasteiger partial charge in [0, 0.05) is 6.54 Å². The van der Waals surface area contributed by atoms with E-state index in [0.29, 0.717) is 13.0 Å². The maximum absolute atomic E-state index is 13.1. The Hall–Kier alpha value is -2.16. The maximum Gasteiger partial charge on any atom is 0.241 e. The third-order valence-corrected chi connectivity index (χ3v) is 7.31. The molecule has 2 aromatic rings. The lowest BCUT2D eigenvalue weighted by Gasteiger charge is -2.33. The highest BCUT2D eigenvalue weighted by molar-refractivity contribution is 7.89. The molecule has 1 aromatic carbocycles. The number of benzene rings is 1. The molecule has 1 aromatic heterocycles. The van der Waals surface area contributed by atoms with Crippen LogP contribution in [0.2, 0.25) is 0 Å². The molecule has 2 N–H and O–H groups in total. The van der Waals surface area contributed by atoms with Crippen molar-refractivity contribution in [3.05, 3.63) is 54.0 Å². The highest BCUT2D eigenvalue weighted by atomic mass is 32.2. The van der Waals surface area contributed by atoms with Gasteiger partial charge in [-0.25, -0.2) is 8.42 Å². The van der Waals surface area contributed by atoms with Gasteiger partial charge in [-0.05, 0) is 69.5 Å². The van der Waals surface area contributed by atoms with Crippen molar-refractivity contribution in [2.24, 2.45) is 5.92 Å². The van der Waals surface area contributed by atoms with E-state index < -0.39 is 16.1 Å². The number of aryl methyl sites for hydroxylation is 1. The minimum atomic E-state index is -3.81. The molecule has 1 saturated heterocycles. The average molecular weight is 462 g/mol. The van der Waals surface area contributed by atoms with Crippen LogP contribution in [0.15, 0.2) is 52.0 Å². The molecule has 1 fully saturated rings. The zero-order valence-electron chi connectivity index (χ0n) is 19.2. The summed E-state index contributed by atoms with van der Waals surface area (Å²) in [5, 5.41) is 2.99. The molecule has 32 heavy (non-hydrogen) atoms. The van der Waals surface area contributed by atoms with E-state index in [1.807, 2.05) is 32.9 Å². The molecule has 1 aliphatic heterocycles. The van der Waals surface area contributed by atoms with Crippen LogP contribution in [-0.2, 0) is 14.8 Å². The summed E-state index contributed by atoms with van der Waals surface area (Å²) in [6.07, 6.45) is 5.51. The van der Waals surface area contributed by atoms with Crippen molar-refractivity contribution in [3.63, 3.8) is 0 Å². The van der Waals surface area contributed by atoms with Crippen molar-refractivity contribution in [1.82, 2.24) is 14.9 Å². The van der Waals surface area contributed by atoms with Gasteiger partial charge < -0.3 is 9.73 Å². The molecule has 0 radical (unpaired) electrons. The third-order valence-electron chi connectivity index (χ3n) is 5.82. The molecule has 0 bridgehead atoms. The summed E-state index contributed by atoms with van der Waals surface area (Å²) in [5.41, 5.74) is 0.974. The van der Waals surface area contributed by atoms with Gasteiger partial charge in [-0.1, -0.05) is 38.0 Å². The van der Waals surface area contributed by atoms with Gasteiger partial charge in [-0.2, -0.15) is 4.72 Å². The number of hydrogen-bond donors (Lipinski definition) is 2. The summed E-state index contributed by atoms with van der Waals surface area (Å²) >= 11 is 0. The Morgan fingerprint density at radius 2 is 1.78 bits per heavy atom. The van der Waals surface area contributed by atoms with E-state index in [4.69, 9.17) is 4.42 Å². The van der Waals surface area contributed by atoms with Crippen molar-refractivity contribution < 1.29 is 17.6 Å². The quantitative estimate of drug-likeness (QED) is 0.564. The molecule has 0 spiro atoms. The normalized spacial score (nSPS) is 17.2. The fraction of sp³-hybridized carbons (Fsp3) is 0.542. The highest BCUT2D eigenvalue weighted by Gasteiger charge is 2.29. The van der Waals surface area contributed by atoms with Gasteiger partial charge in [0.2, 0.25) is 15.9 Å². The molecular weight excluding hydrogens is 426 g/mol. The Bertz CT molecular complexity index is 950. The Morgan fingerprint density at radius 3 is 2.38 bits per heavy atom. The molecule has 176 valence electrons. The van der Waals surface area contributed by atoms with Crippen molar-refractivity contribution in [1.29, 1.82) is 0 Å². The number of hydrogen-bond acceptors (Lipinski definition) is 5. The molecule has 0 aliphatic carbocycles. The van der Waals surface area contributed by atoms with Gasteiger partial charge in [0.25, 0.3) is 0 Å². The smallest absolute Gasteiger partial charge is 0.241 e. The molecule has 8 heteroatoms. The standard InChI is InChI=1S/C24H35N3O4S/c1-18(2)16-21(26-32(29,30)20-11-9-19(3)10-12-20)24(28)25-17-22(23-8-7-15-31-23)27-13-5-4-6-14-27/h7-12,15,18,21-22,26H,4-6,13-14,16-17H2,1-3H3,(H,25,28)/t21-,22+/m1/s1. The summed E-state index contributed by atoms with van der Waals surface area (Å²) in [7, 11) is -3.81.